The van der Waals surface area contributed by atoms with Crippen LogP contribution in [-0.4, -0.2) is 79.8 Å². The van der Waals surface area contributed by atoms with Crippen LogP contribution in [0.4, 0.5) is 4.79 Å². The molecule has 3 N–H and O–H groups in total. The van der Waals surface area contributed by atoms with Crippen molar-refractivity contribution in [2.24, 2.45) is 11.8 Å². The molecule has 1 aliphatic heterocycles. The first-order chi connectivity index (χ1) is 26.0. The van der Waals surface area contributed by atoms with E-state index in [0.29, 0.717) is 12.8 Å². The molecule has 0 radical (unpaired) electrons. The molecule has 13 heteroatoms. The van der Waals surface area contributed by atoms with Crippen LogP contribution in [0.3, 0.4) is 0 Å². The normalized spacial score (nSPS) is 27.8. The number of rotatable bonds is 13. The molecule has 290 valence electrons. The molecule has 4 amide bonds. The highest BCUT2D eigenvalue weighted by molar-refractivity contribution is 7.91. The zero-order valence-electron chi connectivity index (χ0n) is 31.0. The summed E-state index contributed by atoms with van der Waals surface area (Å²) in [5, 5.41) is 5.18. The number of carbonyl (C=O) groups is 4. The average molecular weight is 761 g/mol. The highest BCUT2D eigenvalue weighted by Crippen LogP contribution is 2.47. The van der Waals surface area contributed by atoms with Crippen LogP contribution in [0.25, 0.3) is 11.1 Å². The Labute approximate surface area is 317 Å². The van der Waals surface area contributed by atoms with Crippen LogP contribution in [-0.2, 0) is 39.5 Å². The Morgan fingerprint density at radius 3 is 2.13 bits per heavy atom. The third-order valence-electron chi connectivity index (χ3n) is 12.3. The van der Waals surface area contributed by atoms with E-state index in [2.05, 4.69) is 21.9 Å². The van der Waals surface area contributed by atoms with Gasteiger partial charge in [-0.05, 0) is 80.4 Å². The van der Waals surface area contributed by atoms with Gasteiger partial charge in [0.1, 0.15) is 29.3 Å². The minimum Gasteiger partial charge on any atom is -0.446 e. The van der Waals surface area contributed by atoms with Gasteiger partial charge in [0.05, 0.1) is 11.8 Å². The van der Waals surface area contributed by atoms with Gasteiger partial charge in [0.25, 0.3) is 5.91 Å². The van der Waals surface area contributed by atoms with E-state index in [1.807, 2.05) is 54.6 Å². The maximum atomic E-state index is 15.0. The highest BCUT2D eigenvalue weighted by Gasteiger charge is 2.62. The number of carbonyl (C=O) groups excluding carboxylic acids is 4. The van der Waals surface area contributed by atoms with Gasteiger partial charge in [-0.2, -0.15) is 0 Å². The Kier molecular flexibility index (Phi) is 10.9. The average Bonchev–Trinajstić information content (AvgIpc) is 4.08. The van der Waals surface area contributed by atoms with Crippen molar-refractivity contribution in [3.63, 3.8) is 0 Å². The molecule has 0 aromatic heterocycles. The van der Waals surface area contributed by atoms with E-state index in [-0.39, 0.29) is 31.4 Å². The van der Waals surface area contributed by atoms with Gasteiger partial charge in [0, 0.05) is 19.4 Å². The molecule has 0 spiro atoms. The number of nitrogens with zero attached hydrogens (tertiary/aromatic N) is 1. The minimum atomic E-state index is -3.89. The van der Waals surface area contributed by atoms with Gasteiger partial charge in [0.2, 0.25) is 21.8 Å². The number of alkyl carbamates (subject to hydrolysis) is 1. The van der Waals surface area contributed by atoms with Crippen LogP contribution >= 0.6 is 0 Å². The third-order valence-corrected chi connectivity index (χ3v) is 14.1. The number of likely N-dealkylation sites (tertiary alicyclic amines) is 1. The molecule has 0 unspecified atom stereocenters. The van der Waals surface area contributed by atoms with Crippen LogP contribution < -0.4 is 15.4 Å². The lowest BCUT2D eigenvalue weighted by Crippen LogP contribution is -2.59. The van der Waals surface area contributed by atoms with E-state index in [9.17, 15) is 27.6 Å². The quantitative estimate of drug-likeness (QED) is 0.239. The lowest BCUT2D eigenvalue weighted by atomic mass is 9.83. The molecule has 5 aliphatic rings. The van der Waals surface area contributed by atoms with Crippen LogP contribution in [0.1, 0.15) is 89.0 Å². The predicted molar refractivity (Wildman–Crippen MR) is 202 cm³/mol. The minimum absolute atomic E-state index is 0.00776. The highest BCUT2D eigenvalue weighted by atomic mass is 32.2. The van der Waals surface area contributed by atoms with Crippen molar-refractivity contribution >= 4 is 33.8 Å². The number of hydrogen-bond donors (Lipinski definition) is 3. The summed E-state index contributed by atoms with van der Waals surface area (Å²) in [4.78, 5) is 58.0. The molecule has 0 bridgehead atoms. The first kappa shape index (κ1) is 38.1. The molecule has 2 aromatic carbocycles. The Morgan fingerprint density at radius 1 is 0.870 bits per heavy atom. The Hall–Kier alpha value is -4.23. The number of amides is 4. The first-order valence-electron chi connectivity index (χ1n) is 19.5. The van der Waals surface area contributed by atoms with Crippen molar-refractivity contribution in [1.29, 1.82) is 0 Å². The zero-order valence-corrected chi connectivity index (χ0v) is 31.8. The van der Waals surface area contributed by atoms with Crippen molar-refractivity contribution in [2.75, 3.05) is 13.7 Å². The fourth-order valence-electron chi connectivity index (χ4n) is 8.78. The predicted octanol–water partition coefficient (Wildman–Crippen LogP) is 5.08. The van der Waals surface area contributed by atoms with Crippen molar-refractivity contribution < 1.29 is 37.1 Å². The molecule has 1 saturated heterocycles. The molecule has 2 aromatic rings. The van der Waals surface area contributed by atoms with Gasteiger partial charge in [-0.15, -0.1) is 6.58 Å². The molecule has 7 rings (SSSR count). The SMILES string of the molecule is C=C[C@@H]1C[C@]1(NC(=O)[C@@H]1C[C@@](OC)(c2ccc(-c3ccccc3)cc2)CN1C(=O)[C@@H](NC(=O)OC1CCCC1)C1CCCCC1)C(=O)NS(=O)(=O)C1CC1. The van der Waals surface area contributed by atoms with E-state index >= 15 is 0 Å². The number of ether oxygens (including phenoxy) is 2. The van der Waals surface area contributed by atoms with E-state index in [1.54, 1.807) is 7.11 Å². The molecule has 1 heterocycles. The molecular formula is C41H52N4O8S. The van der Waals surface area contributed by atoms with E-state index in [0.717, 1.165) is 74.5 Å². The summed E-state index contributed by atoms with van der Waals surface area (Å²) in [6.07, 6.45) is 9.76. The largest absolute Gasteiger partial charge is 0.446 e. The van der Waals surface area contributed by atoms with Gasteiger partial charge in [-0.3, -0.25) is 19.1 Å². The number of nitrogens with one attached hydrogen (secondary N) is 3. The fourth-order valence-corrected chi connectivity index (χ4v) is 10.1. The second-order valence-electron chi connectivity index (χ2n) is 15.8. The topological polar surface area (TPSA) is 160 Å². The fraction of sp³-hybridized carbons (Fsp3) is 0.561. The lowest BCUT2D eigenvalue weighted by Gasteiger charge is -2.35. The first-order valence-corrected chi connectivity index (χ1v) is 21.0. The summed E-state index contributed by atoms with van der Waals surface area (Å²) in [5.74, 6) is -2.50. The van der Waals surface area contributed by atoms with Gasteiger partial charge in [0.15, 0.2) is 0 Å². The van der Waals surface area contributed by atoms with Crippen molar-refractivity contribution in [3.05, 3.63) is 72.8 Å². The van der Waals surface area contributed by atoms with Crippen molar-refractivity contribution in [3.8, 4) is 11.1 Å². The maximum Gasteiger partial charge on any atom is 0.408 e. The van der Waals surface area contributed by atoms with E-state index < -0.39 is 68.2 Å². The zero-order chi connectivity index (χ0) is 38.1. The van der Waals surface area contributed by atoms with E-state index in [4.69, 9.17) is 9.47 Å². The van der Waals surface area contributed by atoms with Gasteiger partial charge in [-0.25, -0.2) is 13.2 Å². The molecule has 12 nitrogen and oxygen atoms in total. The maximum absolute atomic E-state index is 15.0. The lowest BCUT2D eigenvalue weighted by molar-refractivity contribution is -0.142. The number of hydrogen-bond acceptors (Lipinski definition) is 8. The second kappa shape index (κ2) is 15.5. The summed E-state index contributed by atoms with van der Waals surface area (Å²) in [6.45, 7) is 3.83. The standard InChI is InChI=1S/C41H52N4O8S/c1-3-30-24-41(30,38(48)44-54(50,51)33-22-23-33)43-36(46)34-25-40(52-2,31-20-18-28(19-21-31)27-12-6-4-7-13-27)26-45(34)37(47)35(29-14-8-5-9-15-29)42-39(49)53-32-16-10-11-17-32/h3-4,6-7,12-13,18-21,29-30,32-35H,1,5,8-11,14-17,22-26H2,2H3,(H,42,49)(H,43,46)(H,44,48)/t30-,34+,35+,40+,41-/m1/s1. The van der Waals surface area contributed by atoms with Crippen LogP contribution in [0.5, 0.6) is 0 Å². The van der Waals surface area contributed by atoms with Gasteiger partial charge >= 0.3 is 6.09 Å². The number of sulfonamides is 1. The molecular weight excluding hydrogens is 709 g/mol. The van der Waals surface area contributed by atoms with E-state index in [1.165, 1.54) is 11.0 Å². The number of benzene rings is 2. The summed E-state index contributed by atoms with van der Waals surface area (Å²) < 4.78 is 39.8. The smallest absolute Gasteiger partial charge is 0.408 e. The van der Waals surface area contributed by atoms with Crippen LogP contribution in [0.15, 0.2) is 67.3 Å². The Balaban J connectivity index is 1.20. The summed E-state index contributed by atoms with van der Waals surface area (Å²) in [5.41, 5.74) is 0.151. The third kappa shape index (κ3) is 7.80. The Bertz CT molecular complexity index is 1840. The van der Waals surface area contributed by atoms with Crippen molar-refractivity contribution in [1.82, 2.24) is 20.3 Å². The Morgan fingerprint density at radius 2 is 1.52 bits per heavy atom. The van der Waals surface area contributed by atoms with Crippen LogP contribution in [0, 0.1) is 11.8 Å². The second-order valence-corrected chi connectivity index (χ2v) is 17.8. The summed E-state index contributed by atoms with van der Waals surface area (Å²) >= 11 is 0. The van der Waals surface area contributed by atoms with Crippen LogP contribution in [0.2, 0.25) is 0 Å². The number of methoxy groups -OCH3 is 1. The molecule has 5 fully saturated rings. The summed E-state index contributed by atoms with van der Waals surface area (Å²) in [6, 6.07) is 15.7. The van der Waals surface area contributed by atoms with Gasteiger partial charge < -0.3 is 25.0 Å². The monoisotopic (exact) mass is 760 g/mol. The molecule has 4 aliphatic carbocycles. The summed E-state index contributed by atoms with van der Waals surface area (Å²) in [7, 11) is -2.34. The molecule has 5 atom stereocenters. The van der Waals surface area contributed by atoms with Crippen molar-refractivity contribution in [2.45, 2.75) is 118 Å². The molecule has 54 heavy (non-hydrogen) atoms. The van der Waals surface area contributed by atoms with Gasteiger partial charge in [-0.1, -0.05) is 79.9 Å². The molecule has 4 saturated carbocycles.